The molecule has 166 valence electrons. The number of hydrogen-bond donors (Lipinski definition) is 0. The Labute approximate surface area is 198 Å². The van der Waals surface area contributed by atoms with Gasteiger partial charge < -0.3 is 9.80 Å². The first kappa shape index (κ1) is 22.6. The number of rotatable bonds is 6. The molecule has 0 radical (unpaired) electrons. The molecule has 0 saturated heterocycles. The van der Waals surface area contributed by atoms with E-state index >= 15 is 0 Å². The van der Waals surface area contributed by atoms with Gasteiger partial charge >= 0.3 is 0 Å². The second-order valence-corrected chi connectivity index (χ2v) is 9.97. The van der Waals surface area contributed by atoms with Crippen LogP contribution in [-0.2, 0) is 11.2 Å². The minimum Gasteiger partial charge on any atom is -0.330 e. The van der Waals surface area contributed by atoms with E-state index in [0.717, 1.165) is 12.0 Å². The van der Waals surface area contributed by atoms with Crippen LogP contribution in [0.5, 0.6) is 0 Å². The van der Waals surface area contributed by atoms with Gasteiger partial charge in [-0.05, 0) is 59.2 Å². The van der Waals surface area contributed by atoms with E-state index in [0.29, 0.717) is 23.7 Å². The highest BCUT2D eigenvalue weighted by molar-refractivity contribution is 7.10. The third-order valence-electron chi connectivity index (χ3n) is 5.69. The lowest BCUT2D eigenvalue weighted by molar-refractivity contribution is -0.134. The van der Waals surface area contributed by atoms with Crippen LogP contribution in [0.25, 0.3) is 0 Å². The van der Waals surface area contributed by atoms with Crippen molar-refractivity contribution in [3.63, 3.8) is 0 Å². The lowest BCUT2D eigenvalue weighted by Gasteiger charge is -2.38. The quantitative estimate of drug-likeness (QED) is 0.469. The molecule has 1 aliphatic rings. The van der Waals surface area contributed by atoms with Crippen LogP contribution in [0, 0.1) is 5.92 Å². The van der Waals surface area contributed by atoms with Crippen LogP contribution in [0.3, 0.4) is 0 Å². The molecule has 3 aromatic rings. The smallest absolute Gasteiger partial charge is 0.254 e. The van der Waals surface area contributed by atoms with E-state index in [2.05, 4.69) is 37.4 Å². The molecule has 0 N–H and O–H groups in total. The van der Waals surface area contributed by atoms with Crippen molar-refractivity contribution in [2.24, 2.45) is 5.92 Å². The average Bonchev–Trinajstić information content (AvgIpc) is 3.27. The van der Waals surface area contributed by atoms with Crippen molar-refractivity contribution in [3.05, 3.63) is 92.6 Å². The summed E-state index contributed by atoms with van der Waals surface area (Å²) < 4.78 is 0. The molecule has 1 unspecified atom stereocenters. The Kier molecular flexibility index (Phi) is 6.97. The number of thiophene rings is 1. The van der Waals surface area contributed by atoms with Gasteiger partial charge in [-0.3, -0.25) is 9.59 Å². The molecule has 2 heterocycles. The van der Waals surface area contributed by atoms with E-state index in [-0.39, 0.29) is 30.3 Å². The summed E-state index contributed by atoms with van der Waals surface area (Å²) in [4.78, 5) is 31.8. The molecule has 1 aliphatic heterocycles. The van der Waals surface area contributed by atoms with Crippen molar-refractivity contribution in [3.8, 4) is 0 Å². The van der Waals surface area contributed by atoms with Crippen LogP contribution < -0.4 is 0 Å². The minimum absolute atomic E-state index is 0.0290. The molecule has 32 heavy (non-hydrogen) atoms. The van der Waals surface area contributed by atoms with Crippen molar-refractivity contribution >= 4 is 34.8 Å². The molecule has 1 aromatic heterocycles. The number of fused-ring (bicyclic) bond motifs is 1. The molecule has 2 aromatic carbocycles. The zero-order chi connectivity index (χ0) is 22.7. The Morgan fingerprint density at radius 2 is 1.81 bits per heavy atom. The van der Waals surface area contributed by atoms with Gasteiger partial charge in [0.05, 0.1) is 6.04 Å². The van der Waals surface area contributed by atoms with Crippen LogP contribution in [0.4, 0.5) is 0 Å². The monoisotopic (exact) mass is 466 g/mol. The second kappa shape index (κ2) is 9.88. The number of hydrogen-bond acceptors (Lipinski definition) is 3. The Bertz CT molecular complexity index is 1080. The fourth-order valence-corrected chi connectivity index (χ4v) is 5.30. The molecule has 0 saturated carbocycles. The van der Waals surface area contributed by atoms with Crippen LogP contribution in [0.2, 0.25) is 5.02 Å². The number of amides is 2. The highest BCUT2D eigenvalue weighted by Crippen LogP contribution is 2.37. The van der Waals surface area contributed by atoms with Gasteiger partial charge in [-0.25, -0.2) is 0 Å². The van der Waals surface area contributed by atoms with Gasteiger partial charge in [-0.15, -0.1) is 11.3 Å². The summed E-state index contributed by atoms with van der Waals surface area (Å²) in [6.45, 7) is 5.33. The number of carbonyl (C=O) groups is 2. The molecule has 1 atom stereocenters. The minimum atomic E-state index is -0.145. The molecule has 0 aliphatic carbocycles. The molecule has 2 amide bonds. The molecule has 0 bridgehead atoms. The topological polar surface area (TPSA) is 40.6 Å². The largest absolute Gasteiger partial charge is 0.330 e. The summed E-state index contributed by atoms with van der Waals surface area (Å²) in [5.41, 5.74) is 2.83. The van der Waals surface area contributed by atoms with Gasteiger partial charge in [0.15, 0.2) is 0 Å². The lowest BCUT2D eigenvalue weighted by atomic mass is 9.93. The fraction of sp³-hybridized carbons (Fsp3) is 0.308. The van der Waals surface area contributed by atoms with Crippen LogP contribution >= 0.6 is 22.9 Å². The van der Waals surface area contributed by atoms with Gasteiger partial charge in [0.25, 0.3) is 5.91 Å². The fourth-order valence-electron chi connectivity index (χ4n) is 4.27. The second-order valence-electron chi connectivity index (χ2n) is 8.54. The predicted octanol–water partition coefficient (Wildman–Crippen LogP) is 5.67. The van der Waals surface area contributed by atoms with Crippen molar-refractivity contribution < 1.29 is 9.59 Å². The van der Waals surface area contributed by atoms with E-state index < -0.39 is 0 Å². The van der Waals surface area contributed by atoms with Crippen molar-refractivity contribution in [2.45, 2.75) is 26.3 Å². The van der Waals surface area contributed by atoms with Gasteiger partial charge in [0.1, 0.15) is 6.54 Å². The maximum Gasteiger partial charge on any atom is 0.254 e. The summed E-state index contributed by atoms with van der Waals surface area (Å²) >= 11 is 7.74. The zero-order valence-electron chi connectivity index (χ0n) is 18.3. The Balaban J connectivity index is 1.60. The van der Waals surface area contributed by atoms with Crippen LogP contribution in [0.1, 0.15) is 46.3 Å². The van der Waals surface area contributed by atoms with Gasteiger partial charge in [-0.1, -0.05) is 55.8 Å². The Morgan fingerprint density at radius 3 is 2.50 bits per heavy atom. The highest BCUT2D eigenvalue weighted by Gasteiger charge is 2.34. The highest BCUT2D eigenvalue weighted by atomic mass is 35.5. The Hall–Kier alpha value is -2.63. The van der Waals surface area contributed by atoms with E-state index in [1.807, 2.05) is 23.1 Å². The van der Waals surface area contributed by atoms with Crippen molar-refractivity contribution in [2.75, 3.05) is 19.6 Å². The summed E-state index contributed by atoms with van der Waals surface area (Å²) in [5, 5.41) is 2.68. The summed E-state index contributed by atoms with van der Waals surface area (Å²) in [6.07, 6.45) is 0.845. The van der Waals surface area contributed by atoms with Gasteiger partial charge in [0.2, 0.25) is 5.91 Å². The molecule has 6 heteroatoms. The molecular weight excluding hydrogens is 440 g/mol. The van der Waals surface area contributed by atoms with E-state index in [1.165, 1.54) is 10.4 Å². The van der Waals surface area contributed by atoms with Gasteiger partial charge in [-0.2, -0.15) is 0 Å². The molecule has 0 fully saturated rings. The number of benzene rings is 2. The van der Waals surface area contributed by atoms with Gasteiger partial charge in [0, 0.05) is 28.6 Å². The van der Waals surface area contributed by atoms with Crippen molar-refractivity contribution in [1.82, 2.24) is 9.80 Å². The standard InChI is InChI=1S/C26H27ClN2O2S/c1-18(2)16-28(26(31)20-8-10-21(27)11-9-20)17-24(30)29-14-12-23-22(13-15-32-23)25(29)19-6-4-3-5-7-19/h3-11,13,15,18,25H,12,14,16-17H2,1-2H3. The first-order chi connectivity index (χ1) is 15.4. The summed E-state index contributed by atoms with van der Waals surface area (Å²) in [5.74, 6) is 0.0701. The average molecular weight is 467 g/mol. The molecule has 0 spiro atoms. The number of nitrogens with zero attached hydrogens (tertiary/aromatic N) is 2. The van der Waals surface area contributed by atoms with E-state index in [4.69, 9.17) is 11.6 Å². The lowest BCUT2D eigenvalue weighted by Crippen LogP contribution is -2.47. The summed E-state index contributed by atoms with van der Waals surface area (Å²) in [6, 6.07) is 19.0. The third kappa shape index (κ3) is 4.89. The normalized spacial score (nSPS) is 15.5. The maximum atomic E-state index is 13.6. The predicted molar refractivity (Wildman–Crippen MR) is 130 cm³/mol. The number of halogens is 1. The van der Waals surface area contributed by atoms with E-state index in [9.17, 15) is 9.59 Å². The first-order valence-corrected chi connectivity index (χ1v) is 12.2. The summed E-state index contributed by atoms with van der Waals surface area (Å²) in [7, 11) is 0. The van der Waals surface area contributed by atoms with Crippen molar-refractivity contribution in [1.29, 1.82) is 0 Å². The Morgan fingerprint density at radius 1 is 1.09 bits per heavy atom. The van der Waals surface area contributed by atoms with Crippen LogP contribution in [0.15, 0.2) is 66.0 Å². The van der Waals surface area contributed by atoms with Crippen LogP contribution in [-0.4, -0.2) is 41.2 Å². The number of carbonyl (C=O) groups excluding carboxylic acids is 2. The zero-order valence-corrected chi connectivity index (χ0v) is 19.9. The molecule has 4 rings (SSSR count). The van der Waals surface area contributed by atoms with E-state index in [1.54, 1.807) is 40.5 Å². The first-order valence-electron chi connectivity index (χ1n) is 10.9. The SMILES string of the molecule is CC(C)CN(CC(=O)N1CCc2sccc2C1c1ccccc1)C(=O)c1ccc(Cl)cc1. The third-order valence-corrected chi connectivity index (χ3v) is 6.94. The molecule has 4 nitrogen and oxygen atoms in total. The maximum absolute atomic E-state index is 13.6. The molecular formula is C26H27ClN2O2S.